The first-order chi connectivity index (χ1) is 12.6. The second-order valence-electron chi connectivity index (χ2n) is 5.66. The molecule has 6 heteroatoms. The van der Waals surface area contributed by atoms with Crippen molar-refractivity contribution in [3.8, 4) is 0 Å². The minimum Gasteiger partial charge on any atom is -0.352 e. The van der Waals surface area contributed by atoms with Crippen LogP contribution in [0.4, 0.5) is 15.9 Å². The molecule has 132 valence electrons. The Hall–Kier alpha value is -2.92. The Balaban J connectivity index is 1.59. The summed E-state index contributed by atoms with van der Waals surface area (Å²) in [5.74, 6) is 0.0529. The fraction of sp³-hybridized carbons (Fsp3) is 0.100. The molecule has 2 aromatic carbocycles. The van der Waals surface area contributed by atoms with Gasteiger partial charge in [0.1, 0.15) is 11.6 Å². The van der Waals surface area contributed by atoms with Crippen LogP contribution in [0.3, 0.4) is 0 Å². The van der Waals surface area contributed by atoms with Gasteiger partial charge >= 0.3 is 0 Å². The summed E-state index contributed by atoms with van der Waals surface area (Å²) in [5, 5.41) is 6.56. The normalized spacial score (nSPS) is 10.4. The Morgan fingerprint density at radius 1 is 1.08 bits per heavy atom. The topological polar surface area (TPSA) is 54.0 Å². The van der Waals surface area contributed by atoms with Gasteiger partial charge < -0.3 is 10.6 Å². The highest BCUT2D eigenvalue weighted by atomic mass is 35.5. The zero-order valence-corrected chi connectivity index (χ0v) is 14.6. The fourth-order valence-corrected chi connectivity index (χ4v) is 2.56. The maximum atomic E-state index is 13.6. The number of benzene rings is 2. The SMILES string of the molecule is O=C(NCCc1ccccc1F)c1ccnc(Nc2ccc(Cl)cc2)c1. The number of halogens is 2. The van der Waals surface area contributed by atoms with E-state index in [1.54, 1.807) is 48.7 Å². The molecule has 0 bridgehead atoms. The molecule has 1 aromatic heterocycles. The van der Waals surface area contributed by atoms with Gasteiger partial charge in [0.05, 0.1) is 0 Å². The van der Waals surface area contributed by atoms with Gasteiger partial charge in [0.15, 0.2) is 0 Å². The van der Waals surface area contributed by atoms with Crippen molar-refractivity contribution in [2.24, 2.45) is 0 Å². The van der Waals surface area contributed by atoms with E-state index in [2.05, 4.69) is 15.6 Å². The maximum Gasteiger partial charge on any atom is 0.251 e. The van der Waals surface area contributed by atoms with Crippen LogP contribution in [0, 0.1) is 5.82 Å². The van der Waals surface area contributed by atoms with Crippen molar-refractivity contribution in [2.75, 3.05) is 11.9 Å². The van der Waals surface area contributed by atoms with Gasteiger partial charge in [-0.3, -0.25) is 4.79 Å². The molecule has 0 aliphatic rings. The van der Waals surface area contributed by atoms with E-state index in [1.165, 1.54) is 6.07 Å². The monoisotopic (exact) mass is 369 g/mol. The Morgan fingerprint density at radius 3 is 2.62 bits per heavy atom. The zero-order valence-electron chi connectivity index (χ0n) is 13.9. The van der Waals surface area contributed by atoms with Crippen molar-refractivity contribution < 1.29 is 9.18 Å². The molecular formula is C20H17ClFN3O. The first-order valence-electron chi connectivity index (χ1n) is 8.12. The lowest BCUT2D eigenvalue weighted by atomic mass is 10.1. The summed E-state index contributed by atoms with van der Waals surface area (Å²) < 4.78 is 13.6. The molecule has 2 N–H and O–H groups in total. The van der Waals surface area contributed by atoms with Gasteiger partial charge in [-0.2, -0.15) is 0 Å². The van der Waals surface area contributed by atoms with Crippen molar-refractivity contribution in [2.45, 2.75) is 6.42 Å². The van der Waals surface area contributed by atoms with Gasteiger partial charge in [-0.15, -0.1) is 0 Å². The van der Waals surface area contributed by atoms with Gasteiger partial charge in [-0.1, -0.05) is 29.8 Å². The zero-order chi connectivity index (χ0) is 18.4. The third-order valence-corrected chi connectivity index (χ3v) is 4.03. The van der Waals surface area contributed by atoms with Crippen LogP contribution in [0.1, 0.15) is 15.9 Å². The Labute approximate surface area is 156 Å². The van der Waals surface area contributed by atoms with Crippen LogP contribution >= 0.6 is 11.6 Å². The lowest BCUT2D eigenvalue weighted by molar-refractivity contribution is 0.0954. The minimum atomic E-state index is -0.264. The van der Waals surface area contributed by atoms with Crippen molar-refractivity contribution >= 4 is 29.0 Å². The Bertz CT molecular complexity index is 900. The molecule has 0 saturated heterocycles. The standard InChI is InChI=1S/C20H17ClFN3O/c21-16-5-7-17(8-6-16)25-19-13-15(10-11-23-19)20(26)24-12-9-14-3-1-2-4-18(14)22/h1-8,10-11,13H,9,12H2,(H,23,25)(H,24,26). The molecule has 0 radical (unpaired) electrons. The van der Waals surface area contributed by atoms with Gasteiger partial charge in [0.25, 0.3) is 5.91 Å². The number of carbonyl (C=O) groups is 1. The van der Waals surface area contributed by atoms with Gasteiger partial charge in [0.2, 0.25) is 0 Å². The number of pyridine rings is 1. The molecule has 3 aromatic rings. The van der Waals surface area contributed by atoms with Gasteiger partial charge in [0, 0.05) is 29.0 Å². The predicted molar refractivity (Wildman–Crippen MR) is 101 cm³/mol. The van der Waals surface area contributed by atoms with Crippen molar-refractivity contribution in [3.63, 3.8) is 0 Å². The molecule has 3 rings (SSSR count). The molecule has 0 unspecified atom stereocenters. The second-order valence-corrected chi connectivity index (χ2v) is 6.10. The van der Waals surface area contributed by atoms with E-state index in [-0.39, 0.29) is 11.7 Å². The summed E-state index contributed by atoms with van der Waals surface area (Å²) in [5.41, 5.74) is 1.87. The largest absolute Gasteiger partial charge is 0.352 e. The Kier molecular flexibility index (Phi) is 5.81. The number of anilines is 2. The summed E-state index contributed by atoms with van der Waals surface area (Å²) in [7, 11) is 0. The summed E-state index contributed by atoms with van der Waals surface area (Å²) >= 11 is 5.86. The van der Waals surface area contributed by atoms with Crippen LogP contribution in [0.15, 0.2) is 66.9 Å². The lowest BCUT2D eigenvalue weighted by Crippen LogP contribution is -2.26. The van der Waals surface area contributed by atoms with E-state index in [1.807, 2.05) is 12.1 Å². The number of aromatic nitrogens is 1. The van der Waals surface area contributed by atoms with E-state index in [4.69, 9.17) is 11.6 Å². The smallest absolute Gasteiger partial charge is 0.251 e. The van der Waals surface area contributed by atoms with E-state index in [0.717, 1.165) is 5.69 Å². The van der Waals surface area contributed by atoms with E-state index < -0.39 is 0 Å². The molecule has 26 heavy (non-hydrogen) atoms. The molecule has 0 atom stereocenters. The van der Waals surface area contributed by atoms with Crippen molar-refractivity contribution in [1.29, 1.82) is 0 Å². The fourth-order valence-electron chi connectivity index (χ4n) is 2.44. The van der Waals surface area contributed by atoms with Crippen LogP contribution in [0.2, 0.25) is 5.02 Å². The molecule has 0 fully saturated rings. The number of hydrogen-bond acceptors (Lipinski definition) is 3. The molecule has 1 amide bonds. The molecule has 0 aliphatic heterocycles. The third-order valence-electron chi connectivity index (χ3n) is 3.78. The van der Waals surface area contributed by atoms with E-state index >= 15 is 0 Å². The van der Waals surface area contributed by atoms with Crippen LogP contribution < -0.4 is 10.6 Å². The van der Waals surface area contributed by atoms with Crippen molar-refractivity contribution in [1.82, 2.24) is 10.3 Å². The quantitative estimate of drug-likeness (QED) is 0.668. The average molecular weight is 370 g/mol. The number of rotatable bonds is 6. The molecule has 0 aliphatic carbocycles. The maximum absolute atomic E-state index is 13.6. The highest BCUT2D eigenvalue weighted by molar-refractivity contribution is 6.30. The van der Waals surface area contributed by atoms with Crippen molar-refractivity contribution in [3.05, 3.63) is 88.8 Å². The van der Waals surface area contributed by atoms with Gasteiger partial charge in [-0.25, -0.2) is 9.37 Å². The van der Waals surface area contributed by atoms with Crippen LogP contribution in [0.25, 0.3) is 0 Å². The number of nitrogens with one attached hydrogen (secondary N) is 2. The summed E-state index contributed by atoms with van der Waals surface area (Å²) in [6.07, 6.45) is 1.99. The lowest BCUT2D eigenvalue weighted by Gasteiger charge is -2.09. The first-order valence-corrected chi connectivity index (χ1v) is 8.50. The summed E-state index contributed by atoms with van der Waals surface area (Å²) in [4.78, 5) is 16.5. The predicted octanol–water partition coefficient (Wildman–Crippen LogP) is 4.59. The average Bonchev–Trinajstić information content (AvgIpc) is 2.65. The molecule has 0 spiro atoms. The minimum absolute atomic E-state index is 0.233. The van der Waals surface area contributed by atoms with Crippen LogP contribution in [-0.4, -0.2) is 17.4 Å². The number of carbonyl (C=O) groups excluding carboxylic acids is 1. The third kappa shape index (κ3) is 4.80. The van der Waals surface area contributed by atoms with E-state index in [0.29, 0.717) is 34.9 Å². The second kappa shape index (κ2) is 8.45. The van der Waals surface area contributed by atoms with Crippen LogP contribution in [0.5, 0.6) is 0 Å². The summed E-state index contributed by atoms with van der Waals surface area (Å²) in [6.45, 7) is 0.349. The molecule has 1 heterocycles. The van der Waals surface area contributed by atoms with E-state index in [9.17, 15) is 9.18 Å². The van der Waals surface area contributed by atoms with Crippen LogP contribution in [-0.2, 0) is 6.42 Å². The van der Waals surface area contributed by atoms with Gasteiger partial charge in [-0.05, 0) is 54.4 Å². The number of amides is 1. The molecule has 0 saturated carbocycles. The Morgan fingerprint density at radius 2 is 1.85 bits per heavy atom. The number of hydrogen-bond donors (Lipinski definition) is 2. The first kappa shape index (κ1) is 17.9. The molecule has 4 nitrogen and oxygen atoms in total. The highest BCUT2D eigenvalue weighted by Crippen LogP contribution is 2.18. The molecular weight excluding hydrogens is 353 g/mol. The number of nitrogens with zero attached hydrogens (tertiary/aromatic N) is 1. The highest BCUT2D eigenvalue weighted by Gasteiger charge is 2.08. The summed E-state index contributed by atoms with van der Waals surface area (Å²) in [6, 6.07) is 17.0.